The Morgan fingerprint density at radius 2 is 1.95 bits per heavy atom. The van der Waals surface area contributed by atoms with Crippen LogP contribution in [0.15, 0.2) is 0 Å². The molecule has 1 heterocycles. The molecule has 0 unspecified atom stereocenters. The summed E-state index contributed by atoms with van der Waals surface area (Å²) < 4.78 is 0. The van der Waals surface area contributed by atoms with Gasteiger partial charge >= 0.3 is 0 Å². The van der Waals surface area contributed by atoms with Crippen molar-refractivity contribution in [2.45, 2.75) is 52.5 Å². The van der Waals surface area contributed by atoms with Crippen molar-refractivity contribution in [1.29, 1.82) is 0 Å². The summed E-state index contributed by atoms with van der Waals surface area (Å²) in [7, 11) is 0. The maximum atomic E-state index is 12.2. The van der Waals surface area contributed by atoms with E-state index >= 15 is 0 Å². The molecule has 1 saturated heterocycles. The minimum absolute atomic E-state index is 0.00211. The van der Waals surface area contributed by atoms with Crippen molar-refractivity contribution in [2.75, 3.05) is 13.1 Å². The average molecular weight is 280 g/mol. The van der Waals surface area contributed by atoms with Crippen molar-refractivity contribution in [2.24, 2.45) is 11.3 Å². The van der Waals surface area contributed by atoms with E-state index in [0.29, 0.717) is 6.54 Å². The lowest BCUT2D eigenvalue weighted by molar-refractivity contribution is -0.165. The van der Waals surface area contributed by atoms with Gasteiger partial charge < -0.3 is 10.2 Å². The number of hydrogen-bond acceptors (Lipinski definition) is 3. The zero-order valence-electron chi connectivity index (χ0n) is 12.6. The first-order chi connectivity index (χ1) is 9.34. The third kappa shape index (κ3) is 2.86. The van der Waals surface area contributed by atoms with Crippen molar-refractivity contribution in [1.82, 2.24) is 10.2 Å². The van der Waals surface area contributed by atoms with E-state index in [9.17, 15) is 14.4 Å². The van der Waals surface area contributed by atoms with Crippen LogP contribution in [0.4, 0.5) is 0 Å². The van der Waals surface area contributed by atoms with Gasteiger partial charge in [0.25, 0.3) is 0 Å². The molecule has 2 aliphatic rings. The Bertz CT molecular complexity index is 423. The second kappa shape index (κ2) is 5.54. The summed E-state index contributed by atoms with van der Waals surface area (Å²) in [5, 5.41) is 3.04. The van der Waals surface area contributed by atoms with Crippen molar-refractivity contribution in [3.05, 3.63) is 0 Å². The number of likely N-dealkylation sites (tertiary alicyclic amines) is 1. The van der Waals surface area contributed by atoms with Gasteiger partial charge in [-0.15, -0.1) is 0 Å². The van der Waals surface area contributed by atoms with E-state index in [1.165, 1.54) is 6.92 Å². The number of nitrogens with one attached hydrogen (secondary N) is 1. The topological polar surface area (TPSA) is 66.5 Å². The first-order valence-corrected chi connectivity index (χ1v) is 7.43. The van der Waals surface area contributed by atoms with Gasteiger partial charge in [-0.2, -0.15) is 0 Å². The summed E-state index contributed by atoms with van der Waals surface area (Å²) in [6.45, 7) is 6.23. The lowest BCUT2D eigenvalue weighted by Gasteiger charge is -2.51. The van der Waals surface area contributed by atoms with Crippen LogP contribution < -0.4 is 5.32 Å². The molecule has 20 heavy (non-hydrogen) atoms. The van der Waals surface area contributed by atoms with Crippen LogP contribution in [0.2, 0.25) is 0 Å². The van der Waals surface area contributed by atoms with E-state index in [-0.39, 0.29) is 41.5 Å². The molecule has 0 aromatic carbocycles. The van der Waals surface area contributed by atoms with Crippen LogP contribution in [0, 0.1) is 11.3 Å². The van der Waals surface area contributed by atoms with Crippen LogP contribution in [-0.4, -0.2) is 41.6 Å². The molecule has 0 atom stereocenters. The molecular weight excluding hydrogens is 256 g/mol. The van der Waals surface area contributed by atoms with E-state index in [4.69, 9.17) is 0 Å². The van der Waals surface area contributed by atoms with Crippen molar-refractivity contribution >= 4 is 17.6 Å². The summed E-state index contributed by atoms with van der Waals surface area (Å²) >= 11 is 0. The molecule has 112 valence electrons. The van der Waals surface area contributed by atoms with Crippen molar-refractivity contribution in [3.63, 3.8) is 0 Å². The quantitative estimate of drug-likeness (QED) is 0.785. The Hall–Kier alpha value is -1.39. The number of carbonyl (C=O) groups excluding carboxylic acids is 3. The zero-order chi connectivity index (χ0) is 14.9. The highest BCUT2D eigenvalue weighted by Crippen LogP contribution is 2.44. The molecule has 0 radical (unpaired) electrons. The number of nitrogens with zero attached hydrogens (tertiary/aromatic N) is 1. The Kier molecular flexibility index (Phi) is 4.16. The molecule has 1 aliphatic carbocycles. The second-order valence-electron chi connectivity index (χ2n) is 6.58. The van der Waals surface area contributed by atoms with Gasteiger partial charge in [0.2, 0.25) is 11.8 Å². The summed E-state index contributed by atoms with van der Waals surface area (Å²) in [6.07, 6.45) is 3.36. The molecule has 2 amide bonds. The number of ketones is 1. The van der Waals surface area contributed by atoms with Crippen LogP contribution in [0.5, 0.6) is 0 Å². The van der Waals surface area contributed by atoms with Gasteiger partial charge in [-0.25, -0.2) is 0 Å². The SMILES string of the molecule is CC(=O)CN1CC2(CCC(NC(=O)C(C)C)CC2)C1=O. The highest BCUT2D eigenvalue weighted by atomic mass is 16.2. The highest BCUT2D eigenvalue weighted by molar-refractivity contribution is 5.92. The smallest absolute Gasteiger partial charge is 0.231 e. The predicted molar refractivity (Wildman–Crippen MR) is 74.9 cm³/mol. The molecule has 5 nitrogen and oxygen atoms in total. The third-order valence-corrected chi connectivity index (χ3v) is 4.46. The van der Waals surface area contributed by atoms with Crippen molar-refractivity contribution in [3.8, 4) is 0 Å². The highest BCUT2D eigenvalue weighted by Gasteiger charge is 2.53. The minimum atomic E-state index is -0.242. The number of hydrogen-bond donors (Lipinski definition) is 1. The van der Waals surface area contributed by atoms with Gasteiger partial charge in [-0.3, -0.25) is 14.4 Å². The first-order valence-electron chi connectivity index (χ1n) is 7.43. The van der Waals surface area contributed by atoms with Crippen LogP contribution in [0.1, 0.15) is 46.5 Å². The Morgan fingerprint density at radius 3 is 2.40 bits per heavy atom. The lowest BCUT2D eigenvalue weighted by atomic mass is 9.66. The fourth-order valence-electron chi connectivity index (χ4n) is 3.20. The van der Waals surface area contributed by atoms with Gasteiger partial charge in [0.05, 0.1) is 12.0 Å². The molecule has 5 heteroatoms. The summed E-state index contributed by atoms with van der Waals surface area (Å²) in [6, 6.07) is 0.199. The van der Waals surface area contributed by atoms with Crippen LogP contribution >= 0.6 is 0 Å². The van der Waals surface area contributed by atoms with Crippen molar-refractivity contribution < 1.29 is 14.4 Å². The molecule has 2 rings (SSSR count). The second-order valence-corrected chi connectivity index (χ2v) is 6.58. The molecule has 2 fully saturated rings. The molecule has 1 aliphatic heterocycles. The number of carbonyl (C=O) groups is 3. The van der Waals surface area contributed by atoms with Gasteiger partial charge in [0, 0.05) is 18.5 Å². The van der Waals surface area contributed by atoms with E-state index in [1.54, 1.807) is 4.90 Å². The molecule has 0 aromatic heterocycles. The van der Waals surface area contributed by atoms with Gasteiger partial charge in [-0.1, -0.05) is 13.8 Å². The monoisotopic (exact) mass is 280 g/mol. The fraction of sp³-hybridized carbons (Fsp3) is 0.800. The number of rotatable bonds is 4. The van der Waals surface area contributed by atoms with Gasteiger partial charge in [0.1, 0.15) is 5.78 Å². The molecule has 1 spiro atoms. The molecular formula is C15H24N2O3. The number of Topliss-reactive ketones (excluding diaryl/α,β-unsaturated/α-hetero) is 1. The maximum Gasteiger partial charge on any atom is 0.231 e. The van der Waals surface area contributed by atoms with Gasteiger partial charge in [-0.05, 0) is 32.6 Å². The Balaban J connectivity index is 1.82. The molecule has 1 saturated carbocycles. The average Bonchev–Trinajstić information content (AvgIpc) is 2.39. The lowest BCUT2D eigenvalue weighted by Crippen LogP contribution is -2.64. The largest absolute Gasteiger partial charge is 0.353 e. The summed E-state index contributed by atoms with van der Waals surface area (Å²) in [5.74, 6) is 0.249. The standard InChI is InChI=1S/C15H24N2O3/c1-10(2)13(19)16-12-4-6-15(7-5-12)9-17(14(15)20)8-11(3)18/h10,12H,4-9H2,1-3H3,(H,16,19). The van der Waals surface area contributed by atoms with Crippen LogP contribution in [0.3, 0.4) is 0 Å². The summed E-state index contributed by atoms with van der Waals surface area (Å²) in [4.78, 5) is 36.6. The number of β-lactam (4-membered cyclic amide) rings is 1. The third-order valence-electron chi connectivity index (χ3n) is 4.46. The predicted octanol–water partition coefficient (Wildman–Crippen LogP) is 1.12. The van der Waals surface area contributed by atoms with E-state index in [0.717, 1.165) is 25.7 Å². The maximum absolute atomic E-state index is 12.2. The minimum Gasteiger partial charge on any atom is -0.353 e. The molecule has 0 bridgehead atoms. The Labute approximate surface area is 120 Å². The first kappa shape index (κ1) is 15.0. The normalized spacial score (nSPS) is 29.5. The zero-order valence-corrected chi connectivity index (χ0v) is 12.6. The molecule has 0 aromatic rings. The molecule has 1 N–H and O–H groups in total. The summed E-state index contributed by atoms with van der Waals surface area (Å²) in [5.41, 5.74) is -0.242. The number of amides is 2. The van der Waals surface area contributed by atoms with Crippen LogP contribution in [-0.2, 0) is 14.4 Å². The van der Waals surface area contributed by atoms with E-state index in [2.05, 4.69) is 5.32 Å². The van der Waals surface area contributed by atoms with E-state index in [1.807, 2.05) is 13.8 Å². The Morgan fingerprint density at radius 1 is 1.35 bits per heavy atom. The van der Waals surface area contributed by atoms with Crippen LogP contribution in [0.25, 0.3) is 0 Å². The van der Waals surface area contributed by atoms with Gasteiger partial charge in [0.15, 0.2) is 0 Å². The fourth-order valence-corrected chi connectivity index (χ4v) is 3.20. The van der Waals surface area contributed by atoms with E-state index < -0.39 is 0 Å².